The number of methoxy groups -OCH3 is 1. The van der Waals surface area contributed by atoms with Crippen LogP contribution in [-0.2, 0) is 4.74 Å². The average Bonchev–Trinajstić information content (AvgIpc) is 2.99. The lowest BCUT2D eigenvalue weighted by Crippen LogP contribution is -2.28. The molecule has 0 bridgehead atoms. The topological polar surface area (TPSA) is 24.5 Å². The number of likely N-dealkylation sites (tertiary alicyclic amines) is 1. The SMILES string of the molecule is C=C(CNC1CC1)CN1CCC(COC)C1. The van der Waals surface area contributed by atoms with Crippen LogP contribution in [0.3, 0.4) is 0 Å². The molecule has 1 N–H and O–H groups in total. The Bertz CT molecular complexity index is 238. The fourth-order valence-electron chi connectivity index (χ4n) is 2.38. The van der Waals surface area contributed by atoms with Crippen molar-refractivity contribution in [1.29, 1.82) is 0 Å². The minimum atomic E-state index is 0.731. The van der Waals surface area contributed by atoms with Crippen LogP contribution in [0.5, 0.6) is 0 Å². The molecule has 1 heterocycles. The number of nitrogens with one attached hydrogen (secondary N) is 1. The largest absolute Gasteiger partial charge is 0.384 e. The van der Waals surface area contributed by atoms with E-state index in [1.807, 2.05) is 0 Å². The molecular weight excluding hydrogens is 200 g/mol. The molecule has 0 spiro atoms. The quantitative estimate of drug-likeness (QED) is 0.659. The first-order chi connectivity index (χ1) is 7.78. The van der Waals surface area contributed by atoms with Gasteiger partial charge in [-0.25, -0.2) is 0 Å². The van der Waals surface area contributed by atoms with Gasteiger partial charge in [-0.05, 0) is 37.3 Å². The molecule has 0 aromatic rings. The van der Waals surface area contributed by atoms with Crippen molar-refractivity contribution < 1.29 is 4.74 Å². The maximum absolute atomic E-state index is 5.20. The molecule has 2 rings (SSSR count). The first-order valence-electron chi connectivity index (χ1n) is 6.39. The van der Waals surface area contributed by atoms with Gasteiger partial charge in [-0.1, -0.05) is 6.58 Å². The second-order valence-electron chi connectivity index (χ2n) is 5.25. The van der Waals surface area contributed by atoms with E-state index in [9.17, 15) is 0 Å². The van der Waals surface area contributed by atoms with E-state index in [1.54, 1.807) is 7.11 Å². The highest BCUT2D eigenvalue weighted by Crippen LogP contribution is 2.19. The summed E-state index contributed by atoms with van der Waals surface area (Å²) in [5.41, 5.74) is 1.32. The molecule has 92 valence electrons. The summed E-state index contributed by atoms with van der Waals surface area (Å²) in [5.74, 6) is 0.731. The maximum atomic E-state index is 5.20. The molecule has 0 amide bonds. The normalized spacial score (nSPS) is 26.2. The molecule has 16 heavy (non-hydrogen) atoms. The summed E-state index contributed by atoms with van der Waals surface area (Å²) in [6, 6.07) is 0.788. The van der Waals surface area contributed by atoms with E-state index in [0.29, 0.717) is 0 Å². The average molecular weight is 224 g/mol. The number of hydrogen-bond donors (Lipinski definition) is 1. The Balaban J connectivity index is 1.59. The molecule has 0 aromatic carbocycles. The molecule has 1 saturated carbocycles. The Morgan fingerprint density at radius 2 is 2.25 bits per heavy atom. The zero-order valence-corrected chi connectivity index (χ0v) is 10.4. The monoisotopic (exact) mass is 224 g/mol. The van der Waals surface area contributed by atoms with Gasteiger partial charge in [0.15, 0.2) is 0 Å². The van der Waals surface area contributed by atoms with E-state index >= 15 is 0 Å². The molecule has 1 unspecified atom stereocenters. The first-order valence-corrected chi connectivity index (χ1v) is 6.39. The van der Waals surface area contributed by atoms with Crippen molar-refractivity contribution in [2.24, 2.45) is 5.92 Å². The van der Waals surface area contributed by atoms with E-state index < -0.39 is 0 Å². The Morgan fingerprint density at radius 1 is 1.44 bits per heavy atom. The molecule has 2 aliphatic rings. The van der Waals surface area contributed by atoms with Crippen LogP contribution in [-0.4, -0.2) is 50.8 Å². The van der Waals surface area contributed by atoms with Crippen LogP contribution in [0.4, 0.5) is 0 Å². The van der Waals surface area contributed by atoms with Crippen LogP contribution < -0.4 is 5.32 Å². The molecular formula is C13H24N2O. The maximum Gasteiger partial charge on any atom is 0.0503 e. The lowest BCUT2D eigenvalue weighted by atomic mass is 10.1. The Kier molecular flexibility index (Phi) is 4.38. The summed E-state index contributed by atoms with van der Waals surface area (Å²) in [5, 5.41) is 3.52. The molecule has 0 aromatic heterocycles. The van der Waals surface area contributed by atoms with Gasteiger partial charge >= 0.3 is 0 Å². The van der Waals surface area contributed by atoms with Gasteiger partial charge in [0.2, 0.25) is 0 Å². The van der Waals surface area contributed by atoms with E-state index in [2.05, 4.69) is 16.8 Å². The fraction of sp³-hybridized carbons (Fsp3) is 0.846. The van der Waals surface area contributed by atoms with Crippen molar-refractivity contribution in [3.05, 3.63) is 12.2 Å². The molecule has 1 aliphatic heterocycles. The zero-order valence-electron chi connectivity index (χ0n) is 10.4. The van der Waals surface area contributed by atoms with Gasteiger partial charge in [-0.2, -0.15) is 0 Å². The molecule has 3 nitrogen and oxygen atoms in total. The van der Waals surface area contributed by atoms with Crippen molar-refractivity contribution in [3.63, 3.8) is 0 Å². The lowest BCUT2D eigenvalue weighted by Gasteiger charge is -2.17. The van der Waals surface area contributed by atoms with Gasteiger partial charge in [-0.15, -0.1) is 0 Å². The van der Waals surface area contributed by atoms with Crippen LogP contribution in [0.1, 0.15) is 19.3 Å². The van der Waals surface area contributed by atoms with Crippen molar-refractivity contribution in [1.82, 2.24) is 10.2 Å². The van der Waals surface area contributed by atoms with Crippen LogP contribution in [0.15, 0.2) is 12.2 Å². The van der Waals surface area contributed by atoms with Gasteiger partial charge in [-0.3, -0.25) is 4.90 Å². The molecule has 1 atom stereocenters. The number of rotatable bonds is 7. The van der Waals surface area contributed by atoms with Crippen molar-refractivity contribution >= 4 is 0 Å². The minimum absolute atomic E-state index is 0.731. The molecule has 1 aliphatic carbocycles. The summed E-state index contributed by atoms with van der Waals surface area (Å²) in [6.45, 7) is 9.49. The fourth-order valence-corrected chi connectivity index (χ4v) is 2.38. The van der Waals surface area contributed by atoms with Crippen molar-refractivity contribution in [2.75, 3.05) is 39.9 Å². The Hall–Kier alpha value is -0.380. The summed E-state index contributed by atoms with van der Waals surface area (Å²) < 4.78 is 5.20. The number of hydrogen-bond acceptors (Lipinski definition) is 3. The zero-order chi connectivity index (χ0) is 11.4. The third-order valence-corrected chi connectivity index (χ3v) is 3.44. The van der Waals surface area contributed by atoms with Gasteiger partial charge < -0.3 is 10.1 Å². The van der Waals surface area contributed by atoms with Crippen molar-refractivity contribution in [2.45, 2.75) is 25.3 Å². The summed E-state index contributed by atoms with van der Waals surface area (Å²) >= 11 is 0. The lowest BCUT2D eigenvalue weighted by molar-refractivity contribution is 0.154. The molecule has 0 radical (unpaired) electrons. The van der Waals surface area contributed by atoms with Crippen LogP contribution >= 0.6 is 0 Å². The molecule has 3 heteroatoms. The first kappa shape index (κ1) is 12.1. The van der Waals surface area contributed by atoms with E-state index in [-0.39, 0.29) is 0 Å². The smallest absolute Gasteiger partial charge is 0.0503 e. The number of ether oxygens (including phenoxy) is 1. The van der Waals surface area contributed by atoms with Crippen molar-refractivity contribution in [3.8, 4) is 0 Å². The second-order valence-corrected chi connectivity index (χ2v) is 5.25. The highest BCUT2D eigenvalue weighted by atomic mass is 16.5. The standard InChI is InChI=1S/C13H24N2O/c1-11(7-14-13-3-4-13)8-15-6-5-12(9-15)10-16-2/h12-14H,1,3-10H2,2H3. The third kappa shape index (κ3) is 3.89. The van der Waals surface area contributed by atoms with Gasteiger partial charge in [0.25, 0.3) is 0 Å². The van der Waals surface area contributed by atoms with Gasteiger partial charge in [0.1, 0.15) is 0 Å². The van der Waals surface area contributed by atoms with E-state index in [1.165, 1.54) is 37.9 Å². The van der Waals surface area contributed by atoms with Gasteiger partial charge in [0, 0.05) is 32.8 Å². The predicted molar refractivity (Wildman–Crippen MR) is 66.6 cm³/mol. The highest BCUT2D eigenvalue weighted by Gasteiger charge is 2.23. The Morgan fingerprint density at radius 3 is 2.94 bits per heavy atom. The van der Waals surface area contributed by atoms with Crippen LogP contribution in [0.2, 0.25) is 0 Å². The second kappa shape index (κ2) is 5.80. The van der Waals surface area contributed by atoms with E-state index in [4.69, 9.17) is 4.74 Å². The number of nitrogens with zero attached hydrogens (tertiary/aromatic N) is 1. The Labute approximate surface area is 98.8 Å². The van der Waals surface area contributed by atoms with Crippen LogP contribution in [0.25, 0.3) is 0 Å². The predicted octanol–water partition coefficient (Wildman–Crippen LogP) is 1.26. The third-order valence-electron chi connectivity index (χ3n) is 3.44. The molecule has 2 fully saturated rings. The summed E-state index contributed by atoms with van der Waals surface area (Å²) in [6.07, 6.45) is 3.98. The summed E-state index contributed by atoms with van der Waals surface area (Å²) in [7, 11) is 1.79. The molecule has 1 saturated heterocycles. The summed E-state index contributed by atoms with van der Waals surface area (Å²) in [4.78, 5) is 2.50. The van der Waals surface area contributed by atoms with Gasteiger partial charge in [0.05, 0.1) is 6.61 Å². The minimum Gasteiger partial charge on any atom is -0.384 e. The van der Waals surface area contributed by atoms with E-state index in [0.717, 1.165) is 31.7 Å². The highest BCUT2D eigenvalue weighted by molar-refractivity contribution is 5.02. The van der Waals surface area contributed by atoms with Crippen LogP contribution in [0, 0.1) is 5.92 Å².